The third kappa shape index (κ3) is 2.59. The lowest BCUT2D eigenvalue weighted by Crippen LogP contribution is -2.01. The van der Waals surface area contributed by atoms with Gasteiger partial charge in [0.15, 0.2) is 5.78 Å². The van der Waals surface area contributed by atoms with Gasteiger partial charge in [0.2, 0.25) is 5.22 Å². The van der Waals surface area contributed by atoms with Gasteiger partial charge in [0.05, 0.1) is 11.8 Å². The molecule has 1 aromatic carbocycles. The highest BCUT2D eigenvalue weighted by Crippen LogP contribution is 2.21. The van der Waals surface area contributed by atoms with Gasteiger partial charge in [-0.05, 0) is 35.7 Å². The van der Waals surface area contributed by atoms with Crippen molar-refractivity contribution in [1.29, 1.82) is 0 Å². The van der Waals surface area contributed by atoms with Crippen LogP contribution < -0.4 is 0 Å². The lowest BCUT2D eigenvalue weighted by atomic mass is 10.0. The average molecular weight is 249 g/mol. The second-order valence-corrected chi connectivity index (χ2v) is 4.23. The fourth-order valence-corrected chi connectivity index (χ4v) is 1.97. The molecule has 0 aliphatic carbocycles. The molecule has 1 aromatic heterocycles. The van der Waals surface area contributed by atoms with Gasteiger partial charge in [-0.15, -0.1) is 0 Å². The topological polar surface area (TPSA) is 30.2 Å². The molecule has 2 rings (SSSR count). The molecule has 0 amide bonds. The SMILES string of the molecule is CCCc1cccc(C(=O)c2ccoc2Cl)c1. The Kier molecular flexibility index (Phi) is 3.64. The molecule has 17 heavy (non-hydrogen) atoms. The van der Waals surface area contributed by atoms with Crippen molar-refractivity contribution < 1.29 is 9.21 Å². The van der Waals surface area contributed by atoms with Crippen molar-refractivity contribution in [1.82, 2.24) is 0 Å². The molecule has 1 heterocycles. The summed E-state index contributed by atoms with van der Waals surface area (Å²) in [5.41, 5.74) is 2.23. The predicted molar refractivity (Wildman–Crippen MR) is 67.6 cm³/mol. The number of aryl methyl sites for hydroxylation is 1. The summed E-state index contributed by atoms with van der Waals surface area (Å²) in [5.74, 6) is -0.0956. The zero-order chi connectivity index (χ0) is 12.3. The molecule has 0 saturated carbocycles. The Bertz CT molecular complexity index is 529. The zero-order valence-corrected chi connectivity index (χ0v) is 10.3. The van der Waals surface area contributed by atoms with Crippen LogP contribution >= 0.6 is 11.6 Å². The van der Waals surface area contributed by atoms with Crippen molar-refractivity contribution in [3.63, 3.8) is 0 Å². The van der Waals surface area contributed by atoms with Crippen LogP contribution in [0.15, 0.2) is 41.0 Å². The van der Waals surface area contributed by atoms with E-state index in [1.54, 1.807) is 12.1 Å². The van der Waals surface area contributed by atoms with Crippen LogP contribution in [-0.4, -0.2) is 5.78 Å². The number of ketones is 1. The first-order chi connectivity index (χ1) is 8.22. The van der Waals surface area contributed by atoms with Crippen molar-refractivity contribution in [3.8, 4) is 0 Å². The lowest BCUT2D eigenvalue weighted by Gasteiger charge is -2.02. The van der Waals surface area contributed by atoms with E-state index in [1.165, 1.54) is 6.26 Å². The number of furan rings is 1. The second kappa shape index (κ2) is 5.19. The standard InChI is InChI=1S/C14H13ClO2/c1-2-4-10-5-3-6-11(9-10)13(16)12-7-8-17-14(12)15/h3,5-9H,2,4H2,1H3. The van der Waals surface area contributed by atoms with Gasteiger partial charge in [-0.2, -0.15) is 0 Å². The number of hydrogen-bond donors (Lipinski definition) is 0. The van der Waals surface area contributed by atoms with E-state index in [0.717, 1.165) is 18.4 Å². The van der Waals surface area contributed by atoms with E-state index in [4.69, 9.17) is 16.0 Å². The minimum Gasteiger partial charge on any atom is -0.452 e. The first-order valence-corrected chi connectivity index (χ1v) is 5.96. The third-order valence-electron chi connectivity index (χ3n) is 2.59. The van der Waals surface area contributed by atoms with E-state index in [-0.39, 0.29) is 11.0 Å². The minimum absolute atomic E-state index is 0.0956. The lowest BCUT2D eigenvalue weighted by molar-refractivity contribution is 0.103. The van der Waals surface area contributed by atoms with E-state index in [1.807, 2.05) is 18.2 Å². The fraction of sp³-hybridized carbons (Fsp3) is 0.214. The van der Waals surface area contributed by atoms with Crippen molar-refractivity contribution in [2.45, 2.75) is 19.8 Å². The van der Waals surface area contributed by atoms with Crippen LogP contribution in [-0.2, 0) is 6.42 Å². The quantitative estimate of drug-likeness (QED) is 0.762. The van der Waals surface area contributed by atoms with Gasteiger partial charge in [0, 0.05) is 5.56 Å². The van der Waals surface area contributed by atoms with Crippen LogP contribution in [0.25, 0.3) is 0 Å². The van der Waals surface area contributed by atoms with Gasteiger partial charge in [-0.1, -0.05) is 31.5 Å². The highest BCUT2D eigenvalue weighted by molar-refractivity contribution is 6.33. The molecule has 0 aliphatic rings. The number of halogens is 1. The van der Waals surface area contributed by atoms with Crippen LogP contribution in [0.1, 0.15) is 34.8 Å². The van der Waals surface area contributed by atoms with Crippen LogP contribution in [0.4, 0.5) is 0 Å². The van der Waals surface area contributed by atoms with Gasteiger partial charge in [0.1, 0.15) is 0 Å². The molecular formula is C14H13ClO2. The van der Waals surface area contributed by atoms with Crippen LogP contribution in [0.5, 0.6) is 0 Å². The highest BCUT2D eigenvalue weighted by Gasteiger charge is 2.15. The molecule has 88 valence electrons. The summed E-state index contributed by atoms with van der Waals surface area (Å²) >= 11 is 5.80. The number of carbonyl (C=O) groups is 1. The molecule has 0 bridgehead atoms. The molecule has 3 heteroatoms. The van der Waals surface area contributed by atoms with Gasteiger partial charge < -0.3 is 4.42 Å². The van der Waals surface area contributed by atoms with Crippen molar-refractivity contribution in [2.24, 2.45) is 0 Å². The van der Waals surface area contributed by atoms with E-state index < -0.39 is 0 Å². The number of benzene rings is 1. The van der Waals surface area contributed by atoms with Crippen LogP contribution in [0, 0.1) is 0 Å². The number of rotatable bonds is 4. The molecule has 0 fully saturated rings. The van der Waals surface area contributed by atoms with E-state index in [9.17, 15) is 4.79 Å². The highest BCUT2D eigenvalue weighted by atomic mass is 35.5. The zero-order valence-electron chi connectivity index (χ0n) is 9.57. The number of carbonyl (C=O) groups excluding carboxylic acids is 1. The molecule has 0 saturated heterocycles. The van der Waals surface area contributed by atoms with Gasteiger partial charge >= 0.3 is 0 Å². The molecule has 0 atom stereocenters. The largest absolute Gasteiger partial charge is 0.452 e. The average Bonchev–Trinajstić information content (AvgIpc) is 2.75. The summed E-state index contributed by atoms with van der Waals surface area (Å²) in [6, 6.07) is 9.22. The molecule has 0 N–H and O–H groups in total. The second-order valence-electron chi connectivity index (χ2n) is 3.89. The fourth-order valence-electron chi connectivity index (χ4n) is 1.77. The van der Waals surface area contributed by atoms with E-state index in [2.05, 4.69) is 6.92 Å². The van der Waals surface area contributed by atoms with E-state index in [0.29, 0.717) is 11.1 Å². The Hall–Kier alpha value is -1.54. The van der Waals surface area contributed by atoms with Gasteiger partial charge in [-0.3, -0.25) is 4.79 Å². The Morgan fingerprint density at radius 3 is 2.82 bits per heavy atom. The summed E-state index contributed by atoms with van der Waals surface area (Å²) in [6.45, 7) is 2.11. The normalized spacial score (nSPS) is 10.5. The summed E-state index contributed by atoms with van der Waals surface area (Å²) in [6.07, 6.45) is 3.45. The number of hydrogen-bond acceptors (Lipinski definition) is 2. The molecule has 2 nitrogen and oxygen atoms in total. The minimum atomic E-state index is -0.0956. The first-order valence-electron chi connectivity index (χ1n) is 5.59. The molecular weight excluding hydrogens is 236 g/mol. The predicted octanol–water partition coefficient (Wildman–Crippen LogP) is 4.12. The third-order valence-corrected chi connectivity index (χ3v) is 2.88. The van der Waals surface area contributed by atoms with Gasteiger partial charge in [-0.25, -0.2) is 0 Å². The van der Waals surface area contributed by atoms with Crippen molar-refractivity contribution in [3.05, 3.63) is 58.5 Å². The Morgan fingerprint density at radius 1 is 1.35 bits per heavy atom. The monoisotopic (exact) mass is 248 g/mol. The molecule has 0 unspecified atom stereocenters. The summed E-state index contributed by atoms with van der Waals surface area (Å²) in [7, 11) is 0. The Balaban J connectivity index is 2.31. The van der Waals surface area contributed by atoms with Crippen LogP contribution in [0.2, 0.25) is 5.22 Å². The molecule has 2 aromatic rings. The Morgan fingerprint density at radius 2 is 2.18 bits per heavy atom. The van der Waals surface area contributed by atoms with Gasteiger partial charge in [0.25, 0.3) is 0 Å². The first kappa shape index (κ1) is 11.9. The summed E-state index contributed by atoms with van der Waals surface area (Å²) in [4.78, 5) is 12.1. The maximum Gasteiger partial charge on any atom is 0.204 e. The van der Waals surface area contributed by atoms with E-state index >= 15 is 0 Å². The Labute approximate surface area is 105 Å². The maximum atomic E-state index is 12.1. The van der Waals surface area contributed by atoms with Crippen molar-refractivity contribution in [2.75, 3.05) is 0 Å². The van der Waals surface area contributed by atoms with Crippen molar-refractivity contribution >= 4 is 17.4 Å². The maximum absolute atomic E-state index is 12.1. The van der Waals surface area contributed by atoms with Crippen LogP contribution in [0.3, 0.4) is 0 Å². The summed E-state index contributed by atoms with van der Waals surface area (Å²) < 4.78 is 4.93. The smallest absolute Gasteiger partial charge is 0.204 e. The summed E-state index contributed by atoms with van der Waals surface area (Å²) in [5, 5.41) is 0.149. The molecule has 0 aliphatic heterocycles. The molecule has 0 radical (unpaired) electrons. The molecule has 0 spiro atoms.